The Morgan fingerprint density at radius 3 is 2.55 bits per heavy atom. The highest BCUT2D eigenvalue weighted by Gasteiger charge is 2.25. The van der Waals surface area contributed by atoms with Gasteiger partial charge in [0.05, 0.1) is 19.3 Å². The van der Waals surface area contributed by atoms with Crippen molar-refractivity contribution in [2.45, 2.75) is 33.2 Å². The van der Waals surface area contributed by atoms with Crippen LogP contribution in [0.15, 0.2) is 21.3 Å². The number of phenolic OH excluding ortho intramolecular Hbond substituents is 1. The Kier molecular flexibility index (Phi) is 7.17. The number of rotatable bonds is 6. The van der Waals surface area contributed by atoms with E-state index < -0.39 is 5.63 Å². The van der Waals surface area contributed by atoms with Gasteiger partial charge in [0.2, 0.25) is 0 Å². The minimum Gasteiger partial charge on any atom is -0.507 e. The number of nitrogens with zero attached hydrogens (tertiary/aromatic N) is 2. The monoisotopic (exact) mass is 432 g/mol. The molecule has 2 aromatic rings. The number of benzene rings is 1. The average Bonchev–Trinajstić information content (AvgIpc) is 2.75. The fourth-order valence-corrected chi connectivity index (χ4v) is 3.77. The van der Waals surface area contributed by atoms with Crippen molar-refractivity contribution in [2.24, 2.45) is 0 Å². The van der Waals surface area contributed by atoms with E-state index in [2.05, 4.69) is 4.90 Å². The zero-order valence-electron chi connectivity index (χ0n) is 18.1. The molecule has 1 aromatic heterocycles. The zero-order valence-corrected chi connectivity index (χ0v) is 18.1. The fourth-order valence-electron chi connectivity index (χ4n) is 3.77. The molecular formula is C22H28N2O7. The number of piperazine rings is 1. The second kappa shape index (κ2) is 9.82. The maximum atomic E-state index is 12.0. The second-order valence-electron chi connectivity index (χ2n) is 7.53. The lowest BCUT2D eigenvalue weighted by atomic mass is 9.98. The van der Waals surface area contributed by atoms with Crippen LogP contribution in [0.4, 0.5) is 4.79 Å². The van der Waals surface area contributed by atoms with Gasteiger partial charge in [-0.3, -0.25) is 9.69 Å². The third-order valence-electron chi connectivity index (χ3n) is 5.50. The summed E-state index contributed by atoms with van der Waals surface area (Å²) < 4.78 is 15.2. The van der Waals surface area contributed by atoms with Gasteiger partial charge in [-0.25, -0.2) is 9.59 Å². The van der Waals surface area contributed by atoms with E-state index in [4.69, 9.17) is 13.9 Å². The molecule has 9 nitrogen and oxygen atoms in total. The van der Waals surface area contributed by atoms with Gasteiger partial charge in [0.25, 0.3) is 0 Å². The Morgan fingerprint density at radius 1 is 1.19 bits per heavy atom. The summed E-state index contributed by atoms with van der Waals surface area (Å²) in [6, 6.07) is 3.17. The van der Waals surface area contributed by atoms with E-state index in [0.717, 1.165) is 10.9 Å². The van der Waals surface area contributed by atoms with Gasteiger partial charge in [-0.05, 0) is 37.5 Å². The van der Waals surface area contributed by atoms with Crippen molar-refractivity contribution >= 4 is 23.0 Å². The van der Waals surface area contributed by atoms with E-state index in [0.29, 0.717) is 62.5 Å². The van der Waals surface area contributed by atoms with Gasteiger partial charge in [-0.15, -0.1) is 0 Å². The summed E-state index contributed by atoms with van der Waals surface area (Å²) in [5, 5.41) is 11.7. The molecule has 1 fully saturated rings. The zero-order chi connectivity index (χ0) is 22.5. The Labute approximate surface area is 180 Å². The molecule has 0 aliphatic carbocycles. The summed E-state index contributed by atoms with van der Waals surface area (Å²) in [4.78, 5) is 39.2. The van der Waals surface area contributed by atoms with E-state index in [1.807, 2.05) is 6.92 Å². The number of aryl methyl sites for hydroxylation is 2. The van der Waals surface area contributed by atoms with E-state index in [1.165, 1.54) is 13.2 Å². The number of aromatic hydroxyl groups is 1. The summed E-state index contributed by atoms with van der Waals surface area (Å²) >= 11 is 0. The van der Waals surface area contributed by atoms with Gasteiger partial charge in [0, 0.05) is 50.6 Å². The lowest BCUT2D eigenvalue weighted by molar-refractivity contribution is -0.140. The van der Waals surface area contributed by atoms with Crippen molar-refractivity contribution in [3.8, 4) is 5.75 Å². The minimum absolute atomic E-state index is 0.0120. The number of hydrogen-bond donors (Lipinski definition) is 1. The van der Waals surface area contributed by atoms with Gasteiger partial charge in [0.1, 0.15) is 11.3 Å². The first-order valence-corrected chi connectivity index (χ1v) is 10.3. The highest BCUT2D eigenvalue weighted by atomic mass is 16.6. The topological polar surface area (TPSA) is 110 Å². The molecule has 168 valence electrons. The number of amides is 1. The smallest absolute Gasteiger partial charge is 0.409 e. The number of esters is 1. The van der Waals surface area contributed by atoms with E-state index >= 15 is 0 Å². The van der Waals surface area contributed by atoms with Crippen LogP contribution in [-0.4, -0.2) is 66.9 Å². The second-order valence-corrected chi connectivity index (χ2v) is 7.53. The van der Waals surface area contributed by atoms with Crippen molar-refractivity contribution < 1.29 is 28.6 Å². The third kappa shape index (κ3) is 5.16. The van der Waals surface area contributed by atoms with Crippen LogP contribution in [0.3, 0.4) is 0 Å². The number of hydrogen-bond acceptors (Lipinski definition) is 8. The number of phenols is 1. The van der Waals surface area contributed by atoms with Crippen molar-refractivity contribution in [1.29, 1.82) is 0 Å². The Hall–Kier alpha value is -3.07. The van der Waals surface area contributed by atoms with E-state index in [1.54, 1.807) is 17.9 Å². The molecule has 3 rings (SSSR count). The van der Waals surface area contributed by atoms with Gasteiger partial charge in [0.15, 0.2) is 0 Å². The predicted octanol–water partition coefficient (Wildman–Crippen LogP) is 2.19. The molecule has 9 heteroatoms. The maximum Gasteiger partial charge on any atom is 0.409 e. The summed E-state index contributed by atoms with van der Waals surface area (Å²) in [6.45, 7) is 6.43. The number of carbonyl (C=O) groups is 2. The molecule has 1 aromatic carbocycles. The van der Waals surface area contributed by atoms with Crippen LogP contribution < -0.4 is 5.63 Å². The van der Waals surface area contributed by atoms with Crippen molar-refractivity contribution in [3.63, 3.8) is 0 Å². The summed E-state index contributed by atoms with van der Waals surface area (Å²) in [5.41, 5.74) is 1.69. The Bertz CT molecular complexity index is 1020. The molecule has 0 atom stereocenters. The molecule has 0 bridgehead atoms. The lowest BCUT2D eigenvalue weighted by Gasteiger charge is -2.34. The Morgan fingerprint density at radius 2 is 1.90 bits per heavy atom. The number of ether oxygens (including phenoxy) is 2. The van der Waals surface area contributed by atoms with Gasteiger partial charge < -0.3 is 23.9 Å². The van der Waals surface area contributed by atoms with Crippen LogP contribution >= 0.6 is 0 Å². The molecule has 0 unspecified atom stereocenters. The van der Waals surface area contributed by atoms with E-state index in [-0.39, 0.29) is 24.2 Å². The van der Waals surface area contributed by atoms with Crippen LogP contribution in [0.5, 0.6) is 5.75 Å². The largest absolute Gasteiger partial charge is 0.507 e. The molecule has 0 radical (unpaired) electrons. The first kappa shape index (κ1) is 22.6. The summed E-state index contributed by atoms with van der Waals surface area (Å²) in [7, 11) is 1.32. The molecule has 1 saturated heterocycles. The van der Waals surface area contributed by atoms with Crippen LogP contribution in [0.1, 0.15) is 30.0 Å². The quantitative estimate of drug-likeness (QED) is 0.546. The molecule has 1 aliphatic rings. The SMILES string of the molecule is CCOC(=O)N1CCN(Cc2c(O)c(CCC(=O)OC)cc3c(C)cc(=O)oc23)CC1. The summed E-state index contributed by atoms with van der Waals surface area (Å²) in [6.07, 6.45) is 0.0987. The molecule has 1 amide bonds. The van der Waals surface area contributed by atoms with Gasteiger partial charge in [-0.1, -0.05) is 0 Å². The molecule has 31 heavy (non-hydrogen) atoms. The highest BCUT2D eigenvalue weighted by Crippen LogP contribution is 2.34. The summed E-state index contributed by atoms with van der Waals surface area (Å²) in [5.74, 6) is -0.356. The molecule has 0 spiro atoms. The van der Waals surface area contributed by atoms with Crippen molar-refractivity contribution in [3.05, 3.63) is 39.2 Å². The van der Waals surface area contributed by atoms with Crippen LogP contribution in [-0.2, 0) is 27.2 Å². The maximum absolute atomic E-state index is 12.0. The highest BCUT2D eigenvalue weighted by molar-refractivity contribution is 5.86. The molecular weight excluding hydrogens is 404 g/mol. The standard InChI is InChI=1S/C22H28N2O7/c1-4-30-22(28)24-9-7-23(8-10-24)13-17-20(27)15(5-6-18(25)29-3)12-16-14(2)11-19(26)31-21(16)17/h11-12,27H,4-10,13H2,1-3H3. The van der Waals surface area contributed by atoms with Crippen LogP contribution in [0, 0.1) is 6.92 Å². The fraction of sp³-hybridized carbons (Fsp3) is 0.500. The van der Waals surface area contributed by atoms with Crippen molar-refractivity contribution in [2.75, 3.05) is 39.9 Å². The number of carbonyl (C=O) groups excluding carboxylic acids is 2. The third-order valence-corrected chi connectivity index (χ3v) is 5.50. The van der Waals surface area contributed by atoms with Gasteiger partial charge in [-0.2, -0.15) is 0 Å². The molecule has 2 heterocycles. The first-order chi connectivity index (χ1) is 14.8. The Balaban J connectivity index is 1.89. The van der Waals surface area contributed by atoms with Crippen LogP contribution in [0.2, 0.25) is 0 Å². The molecule has 1 aliphatic heterocycles. The lowest BCUT2D eigenvalue weighted by Crippen LogP contribution is -2.48. The van der Waals surface area contributed by atoms with Crippen molar-refractivity contribution in [1.82, 2.24) is 9.80 Å². The van der Waals surface area contributed by atoms with Gasteiger partial charge >= 0.3 is 17.7 Å². The van der Waals surface area contributed by atoms with Crippen LogP contribution in [0.25, 0.3) is 11.0 Å². The minimum atomic E-state index is -0.486. The normalized spacial score (nSPS) is 14.6. The molecule has 1 N–H and O–H groups in total. The molecule has 0 saturated carbocycles. The number of fused-ring (bicyclic) bond motifs is 1. The van der Waals surface area contributed by atoms with E-state index in [9.17, 15) is 19.5 Å². The number of methoxy groups -OCH3 is 1. The first-order valence-electron chi connectivity index (χ1n) is 10.3. The average molecular weight is 432 g/mol. The predicted molar refractivity (Wildman–Crippen MR) is 113 cm³/mol.